The maximum Gasteiger partial charge on any atom is 0.143 e. The molecule has 396 valence electrons. The van der Waals surface area contributed by atoms with Gasteiger partial charge < -0.3 is 23.5 Å². The number of ether oxygens (including phenoxy) is 1. The minimum atomic E-state index is -2.57. The maximum absolute atomic E-state index is 9.29. The van der Waals surface area contributed by atoms with E-state index in [9.17, 15) is 1.37 Å². The van der Waals surface area contributed by atoms with Crippen LogP contribution in [0.15, 0.2) is 168 Å². The van der Waals surface area contributed by atoms with Crippen LogP contribution in [0.2, 0.25) is 0 Å². The Morgan fingerprint density at radius 3 is 2.00 bits per heavy atom. The van der Waals surface area contributed by atoms with E-state index in [0.29, 0.717) is 50.0 Å². The van der Waals surface area contributed by atoms with Crippen molar-refractivity contribution in [2.24, 2.45) is 0 Å². The molecule has 0 N–H and O–H groups in total. The van der Waals surface area contributed by atoms with E-state index in [1.54, 1.807) is 30.5 Å². The van der Waals surface area contributed by atoms with Crippen LogP contribution in [0.3, 0.4) is 0 Å². The van der Waals surface area contributed by atoms with E-state index in [1.165, 1.54) is 16.7 Å². The van der Waals surface area contributed by atoms with Gasteiger partial charge in [-0.25, -0.2) is 4.98 Å². The topological polar surface area (TPSA) is 46.7 Å². The first kappa shape index (κ1) is 41.7. The second-order valence-electron chi connectivity index (χ2n) is 24.4. The van der Waals surface area contributed by atoms with E-state index in [1.807, 2.05) is 59.2 Å². The quantitative estimate of drug-likeness (QED) is 0.149. The van der Waals surface area contributed by atoms with E-state index in [0.717, 1.165) is 28.3 Å². The summed E-state index contributed by atoms with van der Waals surface area (Å²) in [5, 5.41) is 1.23. The zero-order valence-electron chi connectivity index (χ0n) is 56.0. The molecule has 0 atom stereocenters. The summed E-state index contributed by atoms with van der Waals surface area (Å²) in [6.07, 6.45) is 1.60. The summed E-state index contributed by atoms with van der Waals surface area (Å²) in [6, 6.07) is 41.9. The van der Waals surface area contributed by atoms with E-state index < -0.39 is 43.1 Å². The fraction of sp³-hybridized carbons (Fsp3) is 0.239. The molecular formula is C71H67N4O2Pt-3. The van der Waals surface area contributed by atoms with Gasteiger partial charge in [0.1, 0.15) is 17.0 Å². The number of hydrogen-bond acceptors (Lipinski definition) is 5. The Hall–Kier alpha value is -7.40. The summed E-state index contributed by atoms with van der Waals surface area (Å²) in [6.45, 7) is 26.0. The molecule has 4 heterocycles. The first-order valence-electron chi connectivity index (χ1n) is 31.2. The van der Waals surface area contributed by atoms with Crippen molar-refractivity contribution >= 4 is 66.5 Å². The summed E-state index contributed by atoms with van der Waals surface area (Å²) >= 11 is 0. The number of aryl methyl sites for hydroxylation is 1. The summed E-state index contributed by atoms with van der Waals surface area (Å²) in [5.74, 6) is 1.02. The third kappa shape index (κ3) is 9.51. The molecule has 0 aliphatic carbocycles. The number of fused-ring (bicyclic) bond motifs is 7. The molecule has 11 aromatic rings. The number of benzene rings is 8. The fourth-order valence-corrected chi connectivity index (χ4v) is 10.3. The van der Waals surface area contributed by atoms with Gasteiger partial charge in [0, 0.05) is 87.4 Å². The molecule has 7 heteroatoms. The van der Waals surface area contributed by atoms with Gasteiger partial charge in [-0.15, -0.1) is 48.1 Å². The molecule has 6 nitrogen and oxygen atoms in total. The van der Waals surface area contributed by atoms with Gasteiger partial charge >= 0.3 is 0 Å². The second kappa shape index (κ2) is 19.2. The van der Waals surface area contributed by atoms with Gasteiger partial charge in [-0.2, -0.15) is 12.1 Å². The largest absolute Gasteiger partial charge is 0.509 e. The Morgan fingerprint density at radius 2 is 1.26 bits per heavy atom. The molecule has 0 saturated heterocycles. The Balaban J connectivity index is 0.00000800. The summed E-state index contributed by atoms with van der Waals surface area (Å²) < 4.78 is 103. The Bertz CT molecular complexity index is 4640. The number of hydrogen-bond donors (Lipinski definition) is 0. The molecule has 0 unspecified atom stereocenters. The Kier molecular flexibility index (Phi) is 10.3. The third-order valence-corrected chi connectivity index (χ3v) is 14.8. The van der Waals surface area contributed by atoms with Crippen LogP contribution >= 0.6 is 0 Å². The van der Waals surface area contributed by atoms with Crippen LogP contribution in [0.4, 0.5) is 22.7 Å². The summed E-state index contributed by atoms with van der Waals surface area (Å²) in [4.78, 5) is 9.43. The van der Waals surface area contributed by atoms with Crippen molar-refractivity contribution in [3.63, 3.8) is 0 Å². The van der Waals surface area contributed by atoms with Crippen LogP contribution in [0.25, 0.3) is 71.8 Å². The number of furan rings is 1. The van der Waals surface area contributed by atoms with Crippen LogP contribution in [0, 0.1) is 25.7 Å². The van der Waals surface area contributed by atoms with Gasteiger partial charge in [-0.3, -0.25) is 0 Å². The van der Waals surface area contributed by atoms with Crippen molar-refractivity contribution < 1.29 is 43.9 Å². The predicted molar refractivity (Wildman–Crippen MR) is 322 cm³/mol. The smallest absolute Gasteiger partial charge is 0.143 e. The molecule has 78 heavy (non-hydrogen) atoms. The normalized spacial score (nSPS) is 15.2. The SMILES string of the molecule is [2H]c1c([2H])c([2H])c2c(oc3c(-c4ccc5c(c4)c4ccc(Oc6[c-]c(N7[CH-]N(c8cc(C(C)(C)C)cc(C(C)(C)C)c8)c8ccc(C(C)(C)C)cc87)ccc6)[c-]c4n5-c4cc(C([2H])([2H])[2H])c(-c5cccc(C(C)(C)C)c5)cn4)c([2H])c([2H])c([2H])c32)c1[2H].[Pt]. The number of pyridine rings is 1. The number of para-hydroxylation sites is 2. The van der Waals surface area contributed by atoms with Gasteiger partial charge in [-0.05, 0) is 115 Å². The van der Waals surface area contributed by atoms with E-state index in [4.69, 9.17) is 26.5 Å². The van der Waals surface area contributed by atoms with Gasteiger partial charge in [0.25, 0.3) is 0 Å². The second-order valence-corrected chi connectivity index (χ2v) is 24.4. The predicted octanol–water partition coefficient (Wildman–Crippen LogP) is 19.7. The van der Waals surface area contributed by atoms with Crippen molar-refractivity contribution in [2.45, 2.75) is 112 Å². The van der Waals surface area contributed by atoms with Crippen LogP contribution < -0.4 is 14.5 Å². The van der Waals surface area contributed by atoms with Gasteiger partial charge in [0.15, 0.2) is 0 Å². The van der Waals surface area contributed by atoms with Crippen molar-refractivity contribution in [3.8, 4) is 39.6 Å². The average Bonchev–Trinajstić information content (AvgIpc) is 1.67. The molecule has 0 spiro atoms. The molecule has 3 aromatic heterocycles. The minimum Gasteiger partial charge on any atom is -0.509 e. The van der Waals surface area contributed by atoms with Gasteiger partial charge in [0.2, 0.25) is 0 Å². The number of nitrogens with zero attached hydrogens (tertiary/aromatic N) is 4. The summed E-state index contributed by atoms with van der Waals surface area (Å²) in [5.41, 5.74) is 10.6. The fourth-order valence-electron chi connectivity index (χ4n) is 10.3. The molecule has 1 aliphatic heterocycles. The van der Waals surface area contributed by atoms with Crippen LogP contribution in [0.1, 0.15) is 125 Å². The minimum absolute atomic E-state index is 0. The van der Waals surface area contributed by atoms with E-state index in [-0.39, 0.29) is 87.7 Å². The average molecular weight is 1210 g/mol. The first-order valence-corrected chi connectivity index (χ1v) is 26.2. The molecule has 1 aliphatic rings. The van der Waals surface area contributed by atoms with Crippen LogP contribution in [0.5, 0.6) is 11.5 Å². The molecule has 0 amide bonds. The zero-order valence-corrected chi connectivity index (χ0v) is 48.3. The van der Waals surface area contributed by atoms with E-state index >= 15 is 0 Å². The van der Waals surface area contributed by atoms with Crippen molar-refractivity contribution in [1.82, 2.24) is 9.55 Å². The van der Waals surface area contributed by atoms with E-state index in [2.05, 4.69) is 148 Å². The molecule has 0 fully saturated rings. The molecule has 8 aromatic carbocycles. The first-order chi connectivity index (χ1) is 40.7. The van der Waals surface area contributed by atoms with Crippen molar-refractivity contribution in [3.05, 3.63) is 210 Å². The molecule has 0 radical (unpaired) electrons. The molecular weight excluding hydrogens is 1140 g/mol. The zero-order chi connectivity index (χ0) is 62.5. The molecule has 0 bridgehead atoms. The Morgan fingerprint density at radius 1 is 0.564 bits per heavy atom. The van der Waals surface area contributed by atoms with Crippen molar-refractivity contribution in [1.29, 1.82) is 0 Å². The van der Waals surface area contributed by atoms with Crippen LogP contribution in [-0.4, -0.2) is 9.55 Å². The third-order valence-electron chi connectivity index (χ3n) is 14.8. The number of rotatable bonds is 7. The van der Waals surface area contributed by atoms with Gasteiger partial charge in [-0.1, -0.05) is 173 Å². The maximum atomic E-state index is 9.29. The molecule has 12 rings (SSSR count). The standard InChI is InChI=1S/C71H67N4O2.Pt/c1-44-33-66(72-42-60(44)45-19-16-20-47(34-45)68(2,3)4)75-61-31-27-46(55-24-18-25-58-57-23-14-15-26-65(57)77-67(55)58)35-59(61)56-30-29-54(41-63(56)75)76-53-22-17-21-51(40-53)73-43-74(62-32-28-48(39-64(62)73)69(5,6)7)52-37-49(70(8,9)10)36-50(38-52)71(11,12)13;/h14-39,42-43H,1-13H3;/q-3;/i1D3,14D,15D,18D,23D,24D,25D,26D;. The number of anilines is 4. The number of aromatic nitrogens is 2. The van der Waals surface area contributed by atoms with Gasteiger partial charge in [0.05, 0.1) is 9.60 Å². The summed E-state index contributed by atoms with van der Waals surface area (Å²) in [7, 11) is 0. The van der Waals surface area contributed by atoms with Crippen molar-refractivity contribution in [2.75, 3.05) is 9.80 Å². The Labute approximate surface area is 489 Å². The van der Waals surface area contributed by atoms with Crippen LogP contribution in [-0.2, 0) is 42.7 Å². The monoisotopic (exact) mass is 1210 g/mol. The molecule has 0 saturated carbocycles.